The molecule has 3 heterocycles. The molecule has 25 unspecified atom stereocenters. The van der Waals surface area contributed by atoms with Crippen LogP contribution in [-0.2, 0) is 33.2 Å². The highest BCUT2D eigenvalue weighted by Gasteiger charge is 2.73. The quantitative estimate of drug-likeness (QED) is 0.0669. The van der Waals surface area contributed by atoms with Crippen LogP contribution in [0.15, 0.2) is 11.6 Å². The largest absolute Gasteiger partial charge is 0.481 e. The van der Waals surface area contributed by atoms with Gasteiger partial charge >= 0.3 is 5.97 Å². The first-order chi connectivity index (χ1) is 32.7. The number of fused-ring (bicyclic) bond motifs is 7. The van der Waals surface area contributed by atoms with Gasteiger partial charge in [0.25, 0.3) is 0 Å². The molecule has 0 amide bonds. The van der Waals surface area contributed by atoms with E-state index in [1.165, 1.54) is 0 Å². The fourth-order valence-corrected chi connectivity index (χ4v) is 15.2. The first kappa shape index (κ1) is 54.7. The van der Waals surface area contributed by atoms with Gasteiger partial charge in [0.15, 0.2) is 18.9 Å². The molecule has 0 aromatic rings. The number of rotatable bonds is 12. The van der Waals surface area contributed by atoms with Crippen molar-refractivity contribution >= 4 is 5.97 Å². The molecule has 5 aliphatic carbocycles. The zero-order valence-electron chi connectivity index (χ0n) is 40.5. The fourth-order valence-electron chi connectivity index (χ4n) is 15.2. The maximum absolute atomic E-state index is 13.2. The van der Waals surface area contributed by atoms with Crippen LogP contribution in [0.3, 0.4) is 0 Å². The number of aliphatic carboxylic acids is 1. The molecule has 0 radical (unpaired) electrons. The Balaban J connectivity index is 0.985. The number of aliphatic hydroxyl groups excluding tert-OH is 14. The zero-order chi connectivity index (χ0) is 51.4. The topological polar surface area (TPSA) is 376 Å². The molecular weight excluding hydrogens is 929 g/mol. The van der Waals surface area contributed by atoms with Gasteiger partial charge in [-0.15, -0.1) is 0 Å². The molecule has 22 nitrogen and oxygen atoms in total. The molecule has 70 heavy (non-hydrogen) atoms. The van der Waals surface area contributed by atoms with Crippen molar-refractivity contribution in [3.63, 3.8) is 0 Å². The van der Waals surface area contributed by atoms with E-state index in [9.17, 15) is 81.4 Å². The van der Waals surface area contributed by atoms with Gasteiger partial charge in [-0.1, -0.05) is 46.3 Å². The molecule has 402 valence electrons. The van der Waals surface area contributed by atoms with Gasteiger partial charge in [0.1, 0.15) is 78.7 Å². The molecule has 8 rings (SSSR count). The van der Waals surface area contributed by atoms with E-state index in [1.54, 1.807) is 0 Å². The number of ether oxygens (including phenoxy) is 6. The van der Waals surface area contributed by atoms with Crippen molar-refractivity contribution in [2.45, 2.75) is 196 Å². The number of allylic oxidation sites excluding steroid dienone is 2. The minimum atomic E-state index is -1.94. The molecule has 0 bridgehead atoms. The molecule has 0 spiro atoms. The average molecular weight is 1010 g/mol. The molecule has 4 saturated carbocycles. The first-order valence-electron chi connectivity index (χ1n) is 24.8. The lowest BCUT2D eigenvalue weighted by atomic mass is 9.33. The maximum Gasteiger partial charge on any atom is 0.312 e. The van der Waals surface area contributed by atoms with E-state index in [1.807, 2.05) is 6.92 Å². The highest BCUT2D eigenvalue weighted by molar-refractivity contribution is 5.77. The molecule has 7 fully saturated rings. The van der Waals surface area contributed by atoms with Gasteiger partial charge in [0.2, 0.25) is 0 Å². The minimum absolute atomic E-state index is 0.106. The van der Waals surface area contributed by atoms with E-state index in [2.05, 4.69) is 33.8 Å². The number of carboxylic acids is 1. The number of aliphatic hydroxyl groups is 14. The van der Waals surface area contributed by atoms with Crippen LogP contribution in [0.1, 0.15) is 86.0 Å². The van der Waals surface area contributed by atoms with Gasteiger partial charge in [0.05, 0.1) is 51.3 Å². The van der Waals surface area contributed by atoms with E-state index in [4.69, 9.17) is 28.4 Å². The third-order valence-electron chi connectivity index (χ3n) is 19.5. The van der Waals surface area contributed by atoms with Crippen LogP contribution < -0.4 is 0 Å². The zero-order valence-corrected chi connectivity index (χ0v) is 40.5. The molecule has 0 aromatic heterocycles. The van der Waals surface area contributed by atoms with Crippen molar-refractivity contribution in [1.82, 2.24) is 0 Å². The summed E-state index contributed by atoms with van der Waals surface area (Å²) >= 11 is 0. The van der Waals surface area contributed by atoms with Gasteiger partial charge in [-0.2, -0.15) is 0 Å². The second-order valence-corrected chi connectivity index (χ2v) is 23.6. The summed E-state index contributed by atoms with van der Waals surface area (Å²) in [6, 6.07) is 0. The van der Waals surface area contributed by atoms with Crippen LogP contribution in [0.2, 0.25) is 0 Å². The monoisotopic (exact) mass is 1010 g/mol. The lowest BCUT2D eigenvalue weighted by Crippen LogP contribution is -2.71. The molecule has 3 aliphatic heterocycles. The normalized spacial score (nSPS) is 53.1. The smallest absolute Gasteiger partial charge is 0.312 e. The lowest BCUT2D eigenvalue weighted by molar-refractivity contribution is -0.360. The van der Waals surface area contributed by atoms with E-state index >= 15 is 0 Å². The molecule has 22 heteroatoms. The molecule has 3 saturated heterocycles. The summed E-state index contributed by atoms with van der Waals surface area (Å²) in [5.74, 6) is -2.04. The van der Waals surface area contributed by atoms with Crippen LogP contribution in [-0.4, -0.2) is 226 Å². The van der Waals surface area contributed by atoms with Gasteiger partial charge in [-0.05, 0) is 90.8 Å². The van der Waals surface area contributed by atoms with Gasteiger partial charge in [-0.25, -0.2) is 0 Å². The predicted octanol–water partition coefficient (Wildman–Crippen LogP) is -3.41. The van der Waals surface area contributed by atoms with Crippen molar-refractivity contribution in [3.05, 3.63) is 11.6 Å². The van der Waals surface area contributed by atoms with Crippen LogP contribution in [0.25, 0.3) is 0 Å². The van der Waals surface area contributed by atoms with E-state index in [0.29, 0.717) is 38.5 Å². The van der Waals surface area contributed by atoms with Crippen LogP contribution in [0, 0.1) is 50.2 Å². The Kier molecular flexibility index (Phi) is 15.2. The lowest BCUT2D eigenvalue weighted by Gasteiger charge is -2.72. The Morgan fingerprint density at radius 3 is 1.67 bits per heavy atom. The number of carboxylic acid groups (broad SMARTS) is 1. The highest BCUT2D eigenvalue weighted by Crippen LogP contribution is 2.76. The minimum Gasteiger partial charge on any atom is -0.481 e. The van der Waals surface area contributed by atoms with Gasteiger partial charge in [0, 0.05) is 5.41 Å². The van der Waals surface area contributed by atoms with Gasteiger partial charge in [-0.3, -0.25) is 4.79 Å². The average Bonchev–Trinajstić information content (AvgIpc) is 3.30. The molecule has 25 atom stereocenters. The standard InChI is InChI=1S/C48H78O22/c1-43(2)10-11-48(42(63)64)21(12-43)20-6-7-26-44(3)13-22(52)38(47(18-50,19-51)27(44)8-9-45(26,4)46(20,5)14-28(48)53)70-41-37(62)34(59)31(56)25(69-41)17-66-40-36(61)33(58)30(55)24(68-40)16-65-39-35(60)32(57)29(54)23(15-49)67-39/h6,21-41,49-62H,7-19H2,1-5H3,(H,63,64). The summed E-state index contributed by atoms with van der Waals surface area (Å²) in [5, 5.41) is 164. The maximum atomic E-state index is 13.2. The third kappa shape index (κ3) is 8.36. The van der Waals surface area contributed by atoms with Crippen molar-refractivity contribution < 1.29 is 110 Å². The second kappa shape index (κ2) is 19.5. The van der Waals surface area contributed by atoms with Crippen LogP contribution >= 0.6 is 0 Å². The summed E-state index contributed by atoms with van der Waals surface area (Å²) in [5.41, 5.74) is -3.87. The number of carbonyl (C=O) groups is 1. The van der Waals surface area contributed by atoms with Crippen LogP contribution in [0.5, 0.6) is 0 Å². The molecule has 8 aliphatic rings. The fraction of sp³-hybridized carbons (Fsp3) is 0.938. The van der Waals surface area contributed by atoms with Crippen molar-refractivity contribution in [2.75, 3.05) is 33.0 Å². The summed E-state index contributed by atoms with van der Waals surface area (Å²) in [6.07, 6.45) is -24.3. The number of hydrogen-bond acceptors (Lipinski definition) is 21. The van der Waals surface area contributed by atoms with Gasteiger partial charge < -0.3 is 105 Å². The summed E-state index contributed by atoms with van der Waals surface area (Å²) < 4.78 is 34.5. The van der Waals surface area contributed by atoms with E-state index in [-0.39, 0.29) is 30.1 Å². The first-order valence-corrected chi connectivity index (χ1v) is 24.8. The summed E-state index contributed by atoms with van der Waals surface area (Å²) in [4.78, 5) is 13.2. The Bertz CT molecular complexity index is 1900. The van der Waals surface area contributed by atoms with Crippen molar-refractivity contribution in [2.24, 2.45) is 50.2 Å². The second-order valence-electron chi connectivity index (χ2n) is 23.6. The van der Waals surface area contributed by atoms with E-state index < -0.39 is 182 Å². The number of hydrogen-bond donors (Lipinski definition) is 15. The Hall–Kier alpha value is -1.59. The third-order valence-corrected chi connectivity index (χ3v) is 19.5. The predicted molar refractivity (Wildman–Crippen MR) is 236 cm³/mol. The SMILES string of the molecule is CC1(C)CCC2(C(=O)O)C(O)CC3(C)C(=CCC4C5(C)CC(O)C(OC6OC(COC7OC(COC8OC(CO)C(O)C(O)C8O)C(O)C(O)C7O)C(O)C(O)C6O)C(CO)(CO)C5CCC43C)C2C1. The Morgan fingerprint density at radius 1 is 0.629 bits per heavy atom. The van der Waals surface area contributed by atoms with Crippen molar-refractivity contribution in [3.8, 4) is 0 Å². The summed E-state index contributed by atoms with van der Waals surface area (Å²) in [6.45, 7) is 7.21. The van der Waals surface area contributed by atoms with Crippen molar-refractivity contribution in [1.29, 1.82) is 0 Å². The Labute approximate surface area is 406 Å². The van der Waals surface area contributed by atoms with E-state index in [0.717, 1.165) is 5.57 Å². The Morgan fingerprint density at radius 2 is 1.14 bits per heavy atom. The molecule has 15 N–H and O–H groups in total. The summed E-state index contributed by atoms with van der Waals surface area (Å²) in [7, 11) is 0. The highest BCUT2D eigenvalue weighted by atomic mass is 16.7. The van der Waals surface area contributed by atoms with Crippen LogP contribution in [0.4, 0.5) is 0 Å². The molecular formula is C48H78O22. The molecule has 0 aromatic carbocycles.